The van der Waals surface area contributed by atoms with E-state index in [1.807, 2.05) is 19.2 Å². The minimum atomic E-state index is 0.587. The first-order valence-corrected chi connectivity index (χ1v) is 8.95. The number of hydrogen-bond acceptors (Lipinski definition) is 3. The van der Waals surface area contributed by atoms with Crippen LogP contribution in [0.5, 0.6) is 0 Å². The molecule has 3 heterocycles. The van der Waals surface area contributed by atoms with Crippen LogP contribution in [0, 0.1) is 6.92 Å². The van der Waals surface area contributed by atoms with E-state index in [4.69, 9.17) is 4.42 Å². The fourth-order valence-corrected chi connectivity index (χ4v) is 3.53. The number of aryl methyl sites for hydroxylation is 1. The first kappa shape index (κ1) is 15.8. The number of benzene rings is 1. The lowest BCUT2D eigenvalue weighted by atomic mass is 9.93. The maximum atomic E-state index is 5.98. The standard InChI is InChI=1S/C22H22N2O/c1-4-15(5-2)16-10-11-23-20(12-16)17-7-9-18-19-8-6-14(3)24-22(19)25-21(18)13-17/h6-13,15H,4-5H2,1-3H3. The second-order valence-corrected chi connectivity index (χ2v) is 6.61. The number of fused-ring (bicyclic) bond motifs is 3. The Morgan fingerprint density at radius 3 is 2.56 bits per heavy atom. The summed E-state index contributed by atoms with van der Waals surface area (Å²) in [6.45, 7) is 6.46. The summed E-state index contributed by atoms with van der Waals surface area (Å²) in [5.41, 5.74) is 5.96. The summed E-state index contributed by atoms with van der Waals surface area (Å²) in [5.74, 6) is 0.587. The van der Waals surface area contributed by atoms with Crippen LogP contribution in [0.25, 0.3) is 33.3 Å². The molecule has 4 aromatic rings. The number of hydrogen-bond donors (Lipinski definition) is 0. The van der Waals surface area contributed by atoms with Crippen LogP contribution >= 0.6 is 0 Å². The highest BCUT2D eigenvalue weighted by atomic mass is 16.3. The van der Waals surface area contributed by atoms with Crippen molar-refractivity contribution >= 4 is 22.1 Å². The predicted molar refractivity (Wildman–Crippen MR) is 103 cm³/mol. The van der Waals surface area contributed by atoms with Crippen LogP contribution in [0.1, 0.15) is 43.9 Å². The zero-order valence-electron chi connectivity index (χ0n) is 14.9. The highest BCUT2D eigenvalue weighted by molar-refractivity contribution is 6.04. The van der Waals surface area contributed by atoms with Gasteiger partial charge >= 0.3 is 0 Å². The van der Waals surface area contributed by atoms with Gasteiger partial charge in [-0.15, -0.1) is 0 Å². The number of pyridine rings is 2. The molecule has 4 rings (SSSR count). The van der Waals surface area contributed by atoms with E-state index in [9.17, 15) is 0 Å². The smallest absolute Gasteiger partial charge is 0.227 e. The molecule has 3 aromatic heterocycles. The molecular formula is C22H22N2O. The van der Waals surface area contributed by atoms with E-state index in [1.54, 1.807) is 0 Å². The van der Waals surface area contributed by atoms with E-state index in [1.165, 1.54) is 5.56 Å². The van der Waals surface area contributed by atoms with Gasteiger partial charge in [-0.25, -0.2) is 4.98 Å². The molecule has 0 saturated carbocycles. The van der Waals surface area contributed by atoms with Crippen LogP contribution in [0.15, 0.2) is 53.1 Å². The molecule has 0 spiro atoms. The number of rotatable bonds is 4. The van der Waals surface area contributed by atoms with E-state index in [0.29, 0.717) is 11.6 Å². The summed E-state index contributed by atoms with van der Waals surface area (Å²) in [7, 11) is 0. The van der Waals surface area contributed by atoms with Gasteiger partial charge in [-0.2, -0.15) is 0 Å². The Bertz CT molecular complexity index is 1040. The molecule has 3 nitrogen and oxygen atoms in total. The number of furan rings is 1. The average Bonchev–Trinajstić information content (AvgIpc) is 2.99. The number of nitrogens with zero attached hydrogens (tertiary/aromatic N) is 2. The van der Waals surface area contributed by atoms with Crippen molar-refractivity contribution in [2.24, 2.45) is 0 Å². The predicted octanol–water partition coefficient (Wildman–Crippen LogP) is 6.26. The van der Waals surface area contributed by atoms with Crippen LogP contribution < -0.4 is 0 Å². The van der Waals surface area contributed by atoms with Gasteiger partial charge in [0.2, 0.25) is 5.71 Å². The first-order chi connectivity index (χ1) is 12.2. The van der Waals surface area contributed by atoms with Crippen molar-refractivity contribution in [2.75, 3.05) is 0 Å². The van der Waals surface area contributed by atoms with E-state index in [-0.39, 0.29) is 0 Å². The SMILES string of the molecule is CCC(CC)c1ccnc(-c2ccc3c(c2)oc2nc(C)ccc23)c1. The van der Waals surface area contributed by atoms with Gasteiger partial charge in [-0.3, -0.25) is 4.98 Å². The molecule has 0 fully saturated rings. The van der Waals surface area contributed by atoms with Gasteiger partial charge in [0.25, 0.3) is 0 Å². The second kappa shape index (κ2) is 6.32. The minimum absolute atomic E-state index is 0.587. The molecule has 0 aliphatic heterocycles. The Morgan fingerprint density at radius 2 is 1.76 bits per heavy atom. The lowest BCUT2D eigenvalue weighted by Crippen LogP contribution is -1.96. The number of aromatic nitrogens is 2. The van der Waals surface area contributed by atoms with Gasteiger partial charge in [-0.1, -0.05) is 19.9 Å². The molecule has 0 atom stereocenters. The third-order valence-electron chi connectivity index (χ3n) is 5.01. The maximum absolute atomic E-state index is 5.98. The summed E-state index contributed by atoms with van der Waals surface area (Å²) >= 11 is 0. The highest BCUT2D eigenvalue weighted by Crippen LogP contribution is 2.32. The zero-order chi connectivity index (χ0) is 17.4. The first-order valence-electron chi connectivity index (χ1n) is 8.95. The summed E-state index contributed by atoms with van der Waals surface area (Å²) < 4.78 is 5.98. The largest absolute Gasteiger partial charge is 0.438 e. The normalized spacial score (nSPS) is 11.7. The topological polar surface area (TPSA) is 38.9 Å². The molecule has 0 bridgehead atoms. The van der Waals surface area contributed by atoms with Gasteiger partial charge in [0.05, 0.1) is 5.69 Å². The summed E-state index contributed by atoms with van der Waals surface area (Å²) in [6, 6.07) is 14.7. The van der Waals surface area contributed by atoms with Crippen molar-refractivity contribution < 1.29 is 4.42 Å². The van der Waals surface area contributed by atoms with Gasteiger partial charge in [-0.05, 0) is 67.6 Å². The van der Waals surface area contributed by atoms with Gasteiger partial charge in [0.15, 0.2) is 0 Å². The Morgan fingerprint density at radius 1 is 0.960 bits per heavy atom. The van der Waals surface area contributed by atoms with Crippen LogP contribution in [0.2, 0.25) is 0 Å². The van der Waals surface area contributed by atoms with Crippen LogP contribution in [0.3, 0.4) is 0 Å². The van der Waals surface area contributed by atoms with Crippen LogP contribution in [-0.2, 0) is 0 Å². The summed E-state index contributed by atoms with van der Waals surface area (Å²) in [6.07, 6.45) is 4.21. The lowest BCUT2D eigenvalue weighted by molar-refractivity contribution is 0.641. The lowest BCUT2D eigenvalue weighted by Gasteiger charge is -2.13. The molecule has 3 heteroatoms. The highest BCUT2D eigenvalue weighted by Gasteiger charge is 2.12. The van der Waals surface area contributed by atoms with E-state index in [0.717, 1.165) is 46.1 Å². The Hall–Kier alpha value is -2.68. The molecular weight excluding hydrogens is 308 g/mol. The van der Waals surface area contributed by atoms with Crippen molar-refractivity contribution in [3.05, 3.63) is 59.9 Å². The second-order valence-electron chi connectivity index (χ2n) is 6.61. The molecule has 126 valence electrons. The van der Waals surface area contributed by atoms with Gasteiger partial charge < -0.3 is 4.42 Å². The Balaban J connectivity index is 1.82. The Kier molecular flexibility index (Phi) is 4.00. The maximum Gasteiger partial charge on any atom is 0.227 e. The molecule has 0 aliphatic rings. The van der Waals surface area contributed by atoms with Crippen molar-refractivity contribution in [1.82, 2.24) is 9.97 Å². The van der Waals surface area contributed by atoms with E-state index in [2.05, 4.69) is 60.2 Å². The minimum Gasteiger partial charge on any atom is -0.438 e. The third kappa shape index (κ3) is 2.80. The summed E-state index contributed by atoms with van der Waals surface area (Å²) in [5, 5.41) is 2.16. The quantitative estimate of drug-likeness (QED) is 0.443. The average molecular weight is 330 g/mol. The molecule has 0 N–H and O–H groups in total. The zero-order valence-corrected chi connectivity index (χ0v) is 14.9. The third-order valence-corrected chi connectivity index (χ3v) is 5.01. The molecule has 1 aromatic carbocycles. The molecule has 0 unspecified atom stereocenters. The van der Waals surface area contributed by atoms with Crippen LogP contribution in [0.4, 0.5) is 0 Å². The van der Waals surface area contributed by atoms with Gasteiger partial charge in [0, 0.05) is 28.2 Å². The molecule has 0 amide bonds. The van der Waals surface area contributed by atoms with Crippen molar-refractivity contribution in [3.8, 4) is 11.3 Å². The fraction of sp³-hybridized carbons (Fsp3) is 0.273. The van der Waals surface area contributed by atoms with E-state index >= 15 is 0 Å². The van der Waals surface area contributed by atoms with Crippen molar-refractivity contribution in [2.45, 2.75) is 39.5 Å². The summed E-state index contributed by atoms with van der Waals surface area (Å²) in [4.78, 5) is 9.07. The van der Waals surface area contributed by atoms with Crippen LogP contribution in [-0.4, -0.2) is 9.97 Å². The van der Waals surface area contributed by atoms with E-state index < -0.39 is 0 Å². The molecule has 0 radical (unpaired) electrons. The van der Waals surface area contributed by atoms with Crippen molar-refractivity contribution in [1.29, 1.82) is 0 Å². The molecule has 25 heavy (non-hydrogen) atoms. The molecule has 0 saturated heterocycles. The monoisotopic (exact) mass is 330 g/mol. The van der Waals surface area contributed by atoms with Crippen molar-refractivity contribution in [3.63, 3.8) is 0 Å². The Labute approximate surface area is 147 Å². The molecule has 0 aliphatic carbocycles. The van der Waals surface area contributed by atoms with Gasteiger partial charge in [0.1, 0.15) is 5.58 Å². The fourth-order valence-electron chi connectivity index (χ4n) is 3.53.